The average Bonchev–Trinajstić information content (AvgIpc) is 3.71. The van der Waals surface area contributed by atoms with Gasteiger partial charge in [0, 0.05) is 33.5 Å². The molecule has 0 radical (unpaired) electrons. The predicted octanol–water partition coefficient (Wildman–Crippen LogP) is 15.9. The lowest BCUT2D eigenvalue weighted by molar-refractivity contribution is 0.632. The van der Waals surface area contributed by atoms with Crippen molar-refractivity contribution in [3.63, 3.8) is 0 Å². The molecule has 58 heavy (non-hydrogen) atoms. The zero-order chi connectivity index (χ0) is 38.7. The largest absolute Gasteiger partial charge is 0.455 e. The number of rotatable bonds is 9. The molecule has 0 fully saturated rings. The monoisotopic (exact) mass is 741 g/mol. The first-order valence-electron chi connectivity index (χ1n) is 19.8. The van der Waals surface area contributed by atoms with Crippen LogP contribution in [0.4, 0.5) is 17.1 Å². The van der Waals surface area contributed by atoms with E-state index in [-0.39, 0.29) is 0 Å². The number of anilines is 3. The first-order chi connectivity index (χ1) is 28.8. The second kappa shape index (κ2) is 15.5. The first kappa shape index (κ1) is 34.8. The minimum Gasteiger partial charge on any atom is -0.455 e. The van der Waals surface area contributed by atoms with Crippen LogP contribution in [0.25, 0.3) is 77.9 Å². The van der Waals surface area contributed by atoms with Gasteiger partial charge in [-0.2, -0.15) is 0 Å². The molecule has 1 heterocycles. The lowest BCUT2D eigenvalue weighted by atomic mass is 9.95. The molecule has 10 aromatic rings. The molecule has 0 aliphatic heterocycles. The van der Waals surface area contributed by atoms with Gasteiger partial charge < -0.3 is 9.32 Å². The average molecular weight is 742 g/mol. The van der Waals surface area contributed by atoms with Crippen molar-refractivity contribution in [1.29, 1.82) is 0 Å². The molecule has 2 nitrogen and oxygen atoms in total. The second-order valence-corrected chi connectivity index (χ2v) is 14.5. The summed E-state index contributed by atoms with van der Waals surface area (Å²) in [6.07, 6.45) is 0. The van der Waals surface area contributed by atoms with Crippen molar-refractivity contribution in [2.45, 2.75) is 0 Å². The fourth-order valence-electron chi connectivity index (χ4n) is 8.03. The summed E-state index contributed by atoms with van der Waals surface area (Å²) in [7, 11) is 0. The molecule has 0 amide bonds. The van der Waals surface area contributed by atoms with Crippen LogP contribution in [0.3, 0.4) is 0 Å². The van der Waals surface area contributed by atoms with Gasteiger partial charge in [0.15, 0.2) is 0 Å². The summed E-state index contributed by atoms with van der Waals surface area (Å²) in [5.41, 5.74) is 16.9. The highest BCUT2D eigenvalue weighted by Gasteiger charge is 2.19. The van der Waals surface area contributed by atoms with Crippen molar-refractivity contribution < 1.29 is 4.42 Å². The number of para-hydroxylation sites is 2. The standard InChI is InChI=1S/C56H39NO/c1-4-15-40(16-5-1)42-31-35-49(36-32-42)57(53-25-12-10-23-51(53)45-17-6-2-7-18-45)50-37-33-43(34-38-50)41-27-29-44(30-28-41)47-21-14-22-48(39-47)56-55(46-19-8-3-9-20-46)52-24-11-13-26-54(52)58-56/h1-39H. The minimum absolute atomic E-state index is 0.888. The quantitative estimate of drug-likeness (QED) is 0.146. The number of fused-ring (bicyclic) bond motifs is 1. The normalized spacial score (nSPS) is 11.1. The molecule has 0 N–H and O–H groups in total. The van der Waals surface area contributed by atoms with Crippen LogP contribution < -0.4 is 4.90 Å². The van der Waals surface area contributed by atoms with E-state index in [4.69, 9.17) is 4.42 Å². The molecule has 9 aromatic carbocycles. The van der Waals surface area contributed by atoms with Crippen molar-refractivity contribution in [2.75, 3.05) is 4.90 Å². The summed E-state index contributed by atoms with van der Waals surface area (Å²) < 4.78 is 6.54. The van der Waals surface area contributed by atoms with Gasteiger partial charge in [0.2, 0.25) is 0 Å². The number of hydrogen-bond donors (Lipinski definition) is 0. The van der Waals surface area contributed by atoms with Gasteiger partial charge in [-0.15, -0.1) is 0 Å². The summed E-state index contributed by atoms with van der Waals surface area (Å²) in [6.45, 7) is 0. The van der Waals surface area contributed by atoms with E-state index in [2.05, 4.69) is 229 Å². The van der Waals surface area contributed by atoms with Crippen LogP contribution in [0.15, 0.2) is 241 Å². The summed E-state index contributed by atoms with van der Waals surface area (Å²) in [6, 6.07) is 84.0. The maximum Gasteiger partial charge on any atom is 0.143 e. The van der Waals surface area contributed by atoms with E-state index in [9.17, 15) is 0 Å². The Kier molecular flexibility index (Phi) is 9.27. The van der Waals surface area contributed by atoms with E-state index in [1.54, 1.807) is 0 Å². The van der Waals surface area contributed by atoms with Crippen molar-refractivity contribution in [2.24, 2.45) is 0 Å². The highest BCUT2D eigenvalue weighted by atomic mass is 16.3. The molecule has 0 atom stereocenters. The predicted molar refractivity (Wildman–Crippen MR) is 244 cm³/mol. The third-order valence-corrected chi connectivity index (χ3v) is 10.9. The van der Waals surface area contributed by atoms with Crippen LogP contribution in [0.2, 0.25) is 0 Å². The third-order valence-electron chi connectivity index (χ3n) is 10.9. The van der Waals surface area contributed by atoms with Crippen LogP contribution in [0.5, 0.6) is 0 Å². The van der Waals surface area contributed by atoms with Crippen molar-refractivity contribution >= 4 is 28.0 Å². The summed E-state index contributed by atoms with van der Waals surface area (Å²) in [4.78, 5) is 2.36. The minimum atomic E-state index is 0.888. The van der Waals surface area contributed by atoms with Crippen LogP contribution in [0, 0.1) is 0 Å². The zero-order valence-corrected chi connectivity index (χ0v) is 31.9. The van der Waals surface area contributed by atoms with E-state index < -0.39 is 0 Å². The van der Waals surface area contributed by atoms with E-state index in [0.29, 0.717) is 0 Å². The van der Waals surface area contributed by atoms with Crippen LogP contribution in [-0.4, -0.2) is 0 Å². The van der Waals surface area contributed by atoms with Gasteiger partial charge in [-0.25, -0.2) is 0 Å². The van der Waals surface area contributed by atoms with Gasteiger partial charge in [-0.05, 0) is 87.0 Å². The van der Waals surface area contributed by atoms with Gasteiger partial charge in [0.05, 0.1) is 5.69 Å². The summed E-state index contributed by atoms with van der Waals surface area (Å²) in [5, 5.41) is 1.12. The highest BCUT2D eigenvalue weighted by molar-refractivity contribution is 6.02. The number of nitrogens with zero attached hydrogens (tertiary/aromatic N) is 1. The van der Waals surface area contributed by atoms with Gasteiger partial charge in [0.1, 0.15) is 11.3 Å². The molecule has 0 spiro atoms. The fourth-order valence-corrected chi connectivity index (χ4v) is 8.03. The first-order valence-corrected chi connectivity index (χ1v) is 19.8. The Balaban J connectivity index is 0.970. The molecule has 0 aliphatic carbocycles. The van der Waals surface area contributed by atoms with Crippen molar-refractivity contribution in [3.8, 4) is 67.0 Å². The number of benzene rings is 9. The molecule has 274 valence electrons. The van der Waals surface area contributed by atoms with Crippen molar-refractivity contribution in [1.82, 2.24) is 0 Å². The Morgan fingerprint density at radius 1 is 0.293 bits per heavy atom. The fraction of sp³-hybridized carbons (Fsp3) is 0. The maximum atomic E-state index is 6.54. The molecule has 0 saturated heterocycles. The topological polar surface area (TPSA) is 16.4 Å². The van der Waals surface area contributed by atoms with Crippen molar-refractivity contribution in [3.05, 3.63) is 237 Å². The Morgan fingerprint density at radius 2 is 0.724 bits per heavy atom. The molecule has 10 rings (SSSR count). The molecule has 0 saturated carbocycles. The molecule has 1 aromatic heterocycles. The van der Waals surface area contributed by atoms with E-state index >= 15 is 0 Å². The Hall–Kier alpha value is -7.68. The smallest absolute Gasteiger partial charge is 0.143 e. The van der Waals surface area contributed by atoms with E-state index in [1.807, 2.05) is 12.1 Å². The molecule has 2 heteroatoms. The van der Waals surface area contributed by atoms with Gasteiger partial charge in [-0.3, -0.25) is 0 Å². The van der Waals surface area contributed by atoms with Gasteiger partial charge in [0.25, 0.3) is 0 Å². The lowest BCUT2D eigenvalue weighted by Gasteiger charge is -2.28. The van der Waals surface area contributed by atoms with E-state index in [0.717, 1.165) is 67.2 Å². The van der Waals surface area contributed by atoms with Crippen LogP contribution >= 0.6 is 0 Å². The Labute approximate surface area is 339 Å². The zero-order valence-electron chi connectivity index (χ0n) is 31.9. The highest BCUT2D eigenvalue weighted by Crippen LogP contribution is 2.43. The van der Waals surface area contributed by atoms with Crippen LogP contribution in [0.1, 0.15) is 0 Å². The van der Waals surface area contributed by atoms with Gasteiger partial charge >= 0.3 is 0 Å². The third kappa shape index (κ3) is 6.78. The molecule has 0 bridgehead atoms. The molecule has 0 aliphatic rings. The second-order valence-electron chi connectivity index (χ2n) is 14.5. The Bertz CT molecular complexity index is 2950. The van der Waals surface area contributed by atoms with Crippen LogP contribution in [-0.2, 0) is 0 Å². The Morgan fingerprint density at radius 3 is 1.34 bits per heavy atom. The summed E-state index contributed by atoms with van der Waals surface area (Å²) >= 11 is 0. The molecule has 0 unspecified atom stereocenters. The maximum absolute atomic E-state index is 6.54. The summed E-state index contributed by atoms with van der Waals surface area (Å²) in [5.74, 6) is 0.888. The molecular weight excluding hydrogens is 703 g/mol. The lowest BCUT2D eigenvalue weighted by Crippen LogP contribution is -2.11. The number of hydrogen-bond acceptors (Lipinski definition) is 2. The number of furan rings is 1. The van der Waals surface area contributed by atoms with E-state index in [1.165, 1.54) is 27.8 Å². The SMILES string of the molecule is c1ccc(-c2ccc(N(c3ccc(-c4ccc(-c5cccc(-c6oc7ccccc7c6-c6ccccc6)c5)cc4)cc3)c3ccccc3-c3ccccc3)cc2)cc1. The molecular formula is C56H39NO. The van der Waals surface area contributed by atoms with Gasteiger partial charge in [-0.1, -0.05) is 194 Å².